The number of nitrogens with zero attached hydrogens (tertiary/aromatic N) is 2. The molecule has 22 heavy (non-hydrogen) atoms. The van der Waals surface area contributed by atoms with Crippen molar-refractivity contribution in [3.8, 4) is 0 Å². The number of nitrogens with one attached hydrogen (secondary N) is 1. The number of amides is 1. The van der Waals surface area contributed by atoms with E-state index in [1.165, 1.54) is 6.42 Å². The van der Waals surface area contributed by atoms with E-state index in [4.69, 9.17) is 4.74 Å². The predicted molar refractivity (Wildman–Crippen MR) is 82.6 cm³/mol. The minimum atomic E-state index is 0.0620. The largest absolute Gasteiger partial charge is 0.378 e. The van der Waals surface area contributed by atoms with E-state index in [1.807, 2.05) is 17.0 Å². The van der Waals surface area contributed by atoms with Crippen molar-refractivity contribution in [1.29, 1.82) is 0 Å². The van der Waals surface area contributed by atoms with Crippen LogP contribution in [-0.2, 0) is 4.74 Å². The lowest BCUT2D eigenvalue weighted by Crippen LogP contribution is -2.56. The van der Waals surface area contributed by atoms with Crippen molar-refractivity contribution in [3.63, 3.8) is 0 Å². The molecule has 0 bridgehead atoms. The third kappa shape index (κ3) is 2.63. The van der Waals surface area contributed by atoms with Crippen LogP contribution in [-0.4, -0.2) is 53.7 Å². The van der Waals surface area contributed by atoms with Gasteiger partial charge < -0.3 is 15.0 Å². The number of ether oxygens (including phenoxy) is 1. The second-order valence-electron chi connectivity index (χ2n) is 6.65. The van der Waals surface area contributed by atoms with Crippen LogP contribution in [0.15, 0.2) is 24.4 Å². The molecular formula is C17H23N3O2. The van der Waals surface area contributed by atoms with E-state index in [9.17, 15) is 4.79 Å². The maximum absolute atomic E-state index is 12.4. The minimum Gasteiger partial charge on any atom is -0.378 e. The first kappa shape index (κ1) is 14.2. The van der Waals surface area contributed by atoms with Gasteiger partial charge in [0.1, 0.15) is 5.69 Å². The molecule has 1 amide bonds. The molecule has 1 aliphatic carbocycles. The Hall–Kier alpha value is -1.46. The van der Waals surface area contributed by atoms with Crippen LogP contribution in [0.3, 0.4) is 0 Å². The van der Waals surface area contributed by atoms with Gasteiger partial charge >= 0.3 is 0 Å². The first-order valence-corrected chi connectivity index (χ1v) is 8.39. The van der Waals surface area contributed by atoms with Crippen molar-refractivity contribution < 1.29 is 9.53 Å². The van der Waals surface area contributed by atoms with Gasteiger partial charge in [-0.3, -0.25) is 9.78 Å². The molecule has 1 saturated carbocycles. The van der Waals surface area contributed by atoms with Gasteiger partial charge in [0.05, 0.1) is 6.10 Å². The van der Waals surface area contributed by atoms with Gasteiger partial charge in [-0.2, -0.15) is 0 Å². The summed E-state index contributed by atoms with van der Waals surface area (Å²) in [5.74, 6) is 0.792. The van der Waals surface area contributed by atoms with E-state index in [2.05, 4.69) is 10.3 Å². The van der Waals surface area contributed by atoms with Gasteiger partial charge in [0.25, 0.3) is 5.91 Å². The molecule has 2 saturated heterocycles. The number of pyridine rings is 1. The summed E-state index contributed by atoms with van der Waals surface area (Å²) in [6.07, 6.45) is 6.64. The zero-order valence-electron chi connectivity index (χ0n) is 12.8. The number of carbonyl (C=O) groups excluding carboxylic acids is 1. The SMILES string of the molecule is O=C(c1ccccn1)N1CCC(N[C@H]2C[C@@H]3OCC[C@H]23)CC1. The average Bonchev–Trinajstić information content (AvgIpc) is 2.94. The lowest BCUT2D eigenvalue weighted by atomic mass is 9.75. The van der Waals surface area contributed by atoms with Crippen molar-refractivity contribution in [2.24, 2.45) is 5.92 Å². The van der Waals surface area contributed by atoms with E-state index in [0.29, 0.717) is 23.9 Å². The Bertz CT molecular complexity index is 528. The number of hydrogen-bond donors (Lipinski definition) is 1. The van der Waals surface area contributed by atoms with Crippen LogP contribution in [0.1, 0.15) is 36.2 Å². The van der Waals surface area contributed by atoms with Gasteiger partial charge in [0, 0.05) is 43.9 Å². The summed E-state index contributed by atoms with van der Waals surface area (Å²) in [6.45, 7) is 2.58. The highest BCUT2D eigenvalue weighted by molar-refractivity contribution is 5.92. The summed E-state index contributed by atoms with van der Waals surface area (Å²) in [6, 6.07) is 6.67. The summed E-state index contributed by atoms with van der Waals surface area (Å²) in [5.41, 5.74) is 0.554. The molecule has 1 aromatic heterocycles. The van der Waals surface area contributed by atoms with Crippen LogP contribution in [0.4, 0.5) is 0 Å². The molecule has 118 valence electrons. The zero-order valence-corrected chi connectivity index (χ0v) is 12.8. The Morgan fingerprint density at radius 2 is 2.14 bits per heavy atom. The van der Waals surface area contributed by atoms with E-state index in [-0.39, 0.29) is 5.91 Å². The van der Waals surface area contributed by atoms with Crippen molar-refractivity contribution in [2.45, 2.75) is 43.9 Å². The lowest BCUT2D eigenvalue weighted by Gasteiger charge is -2.43. The number of piperidine rings is 1. The Kier molecular flexibility index (Phi) is 3.84. The van der Waals surface area contributed by atoms with E-state index in [0.717, 1.165) is 44.9 Å². The van der Waals surface area contributed by atoms with Gasteiger partial charge in [0.15, 0.2) is 0 Å². The molecule has 0 aromatic carbocycles. The quantitative estimate of drug-likeness (QED) is 0.918. The summed E-state index contributed by atoms with van der Waals surface area (Å²) in [7, 11) is 0. The standard InChI is InChI=1S/C17H23N3O2/c21-17(14-3-1-2-7-18-14)20-8-4-12(5-9-20)19-15-11-16-13(15)6-10-22-16/h1-3,7,12-13,15-16,19H,4-6,8-11H2/t13-,15+,16+/m1/s1. The van der Waals surface area contributed by atoms with Crippen molar-refractivity contribution >= 4 is 5.91 Å². The van der Waals surface area contributed by atoms with Gasteiger partial charge in [-0.05, 0) is 37.8 Å². The van der Waals surface area contributed by atoms with Crippen LogP contribution in [0.25, 0.3) is 0 Å². The molecule has 1 N–H and O–H groups in total. The minimum absolute atomic E-state index is 0.0620. The molecule has 0 spiro atoms. The van der Waals surface area contributed by atoms with Gasteiger partial charge in [0.2, 0.25) is 0 Å². The van der Waals surface area contributed by atoms with Crippen LogP contribution >= 0.6 is 0 Å². The molecule has 3 fully saturated rings. The second kappa shape index (κ2) is 5.97. The van der Waals surface area contributed by atoms with E-state index >= 15 is 0 Å². The Morgan fingerprint density at radius 1 is 1.27 bits per heavy atom. The summed E-state index contributed by atoms with van der Waals surface area (Å²) in [4.78, 5) is 18.5. The first-order chi connectivity index (χ1) is 10.8. The van der Waals surface area contributed by atoms with Crippen molar-refractivity contribution in [3.05, 3.63) is 30.1 Å². The molecule has 0 unspecified atom stereocenters. The fourth-order valence-electron chi connectivity index (χ4n) is 3.99. The Balaban J connectivity index is 1.27. The van der Waals surface area contributed by atoms with E-state index in [1.54, 1.807) is 12.3 Å². The molecule has 5 heteroatoms. The predicted octanol–water partition coefficient (Wildman–Crippen LogP) is 1.45. The maximum atomic E-state index is 12.4. The third-order valence-corrected chi connectivity index (χ3v) is 5.38. The highest BCUT2D eigenvalue weighted by Crippen LogP contribution is 2.39. The molecular weight excluding hydrogens is 278 g/mol. The molecule has 3 heterocycles. The molecule has 0 radical (unpaired) electrons. The van der Waals surface area contributed by atoms with Crippen LogP contribution < -0.4 is 5.32 Å². The van der Waals surface area contributed by atoms with Crippen molar-refractivity contribution in [2.75, 3.05) is 19.7 Å². The maximum Gasteiger partial charge on any atom is 0.272 e. The number of hydrogen-bond acceptors (Lipinski definition) is 4. The highest BCUT2D eigenvalue weighted by Gasteiger charge is 2.45. The first-order valence-electron chi connectivity index (χ1n) is 8.39. The third-order valence-electron chi connectivity index (χ3n) is 5.38. The topological polar surface area (TPSA) is 54.5 Å². The number of likely N-dealkylation sites (tertiary alicyclic amines) is 1. The summed E-state index contributed by atoms with van der Waals surface area (Å²) < 4.78 is 5.67. The molecule has 5 nitrogen and oxygen atoms in total. The van der Waals surface area contributed by atoms with Crippen LogP contribution in [0, 0.1) is 5.92 Å². The number of fused-ring (bicyclic) bond motifs is 1. The van der Waals surface area contributed by atoms with Gasteiger partial charge in [-0.15, -0.1) is 0 Å². The summed E-state index contributed by atoms with van der Waals surface area (Å²) in [5, 5.41) is 3.79. The van der Waals surface area contributed by atoms with E-state index < -0.39 is 0 Å². The Morgan fingerprint density at radius 3 is 2.86 bits per heavy atom. The molecule has 4 rings (SSSR count). The zero-order chi connectivity index (χ0) is 14.9. The lowest BCUT2D eigenvalue weighted by molar-refractivity contribution is 0.00103. The molecule has 3 aliphatic rings. The van der Waals surface area contributed by atoms with Crippen LogP contribution in [0.2, 0.25) is 0 Å². The van der Waals surface area contributed by atoms with Crippen molar-refractivity contribution in [1.82, 2.24) is 15.2 Å². The fraction of sp³-hybridized carbons (Fsp3) is 0.647. The highest BCUT2D eigenvalue weighted by atomic mass is 16.5. The summed E-state index contributed by atoms with van der Waals surface area (Å²) >= 11 is 0. The molecule has 3 atom stereocenters. The second-order valence-corrected chi connectivity index (χ2v) is 6.65. The monoisotopic (exact) mass is 301 g/mol. The number of aromatic nitrogens is 1. The molecule has 1 aromatic rings. The number of carbonyl (C=O) groups is 1. The fourth-order valence-corrected chi connectivity index (χ4v) is 3.99. The van der Waals surface area contributed by atoms with Crippen LogP contribution in [0.5, 0.6) is 0 Å². The smallest absolute Gasteiger partial charge is 0.272 e. The Labute approximate surface area is 131 Å². The normalized spacial score (nSPS) is 31.6. The van der Waals surface area contributed by atoms with Gasteiger partial charge in [-0.25, -0.2) is 0 Å². The average molecular weight is 301 g/mol. The molecule has 2 aliphatic heterocycles. The number of rotatable bonds is 3. The van der Waals surface area contributed by atoms with Gasteiger partial charge in [-0.1, -0.05) is 6.07 Å².